The van der Waals surface area contributed by atoms with Crippen LogP contribution in [0.15, 0.2) is 47.4 Å². The van der Waals surface area contributed by atoms with Gasteiger partial charge in [-0.2, -0.15) is 4.31 Å². The average molecular weight is 449 g/mol. The number of carbonyl (C=O) groups is 1. The Morgan fingerprint density at radius 3 is 2.48 bits per heavy atom. The normalized spacial score (nSPS) is 21.1. The maximum absolute atomic E-state index is 13.6. The lowest BCUT2D eigenvalue weighted by atomic mass is 9.89. The predicted molar refractivity (Wildman–Crippen MR) is 112 cm³/mol. The molecule has 166 valence electrons. The molecule has 2 aliphatic rings. The molecule has 0 spiro atoms. The van der Waals surface area contributed by atoms with Gasteiger partial charge >= 0.3 is 0 Å². The number of nitrogens with one attached hydrogen (secondary N) is 1. The quantitative estimate of drug-likeness (QED) is 0.778. The lowest BCUT2D eigenvalue weighted by Gasteiger charge is -2.37. The first-order valence-electron chi connectivity index (χ1n) is 10.1. The van der Waals surface area contributed by atoms with Gasteiger partial charge in [-0.1, -0.05) is 6.07 Å². The highest BCUT2D eigenvalue weighted by Crippen LogP contribution is 2.39. The van der Waals surface area contributed by atoms with Gasteiger partial charge in [0.05, 0.1) is 24.2 Å². The van der Waals surface area contributed by atoms with Crippen LogP contribution in [0.1, 0.15) is 42.2 Å². The van der Waals surface area contributed by atoms with E-state index in [0.717, 1.165) is 0 Å². The number of benzene rings is 2. The summed E-state index contributed by atoms with van der Waals surface area (Å²) in [5.74, 6) is -0.333. The van der Waals surface area contributed by atoms with E-state index in [9.17, 15) is 17.6 Å². The molecule has 9 heteroatoms. The Hall–Kier alpha value is -2.49. The van der Waals surface area contributed by atoms with E-state index in [1.165, 1.54) is 40.7 Å². The minimum Gasteiger partial charge on any atom is -0.487 e. The molecule has 4 rings (SSSR count). The number of morpholine rings is 1. The van der Waals surface area contributed by atoms with Gasteiger partial charge in [-0.3, -0.25) is 4.79 Å². The number of hydrogen-bond acceptors (Lipinski definition) is 5. The maximum atomic E-state index is 13.6. The summed E-state index contributed by atoms with van der Waals surface area (Å²) >= 11 is 0. The van der Waals surface area contributed by atoms with Crippen LogP contribution >= 0.6 is 0 Å². The van der Waals surface area contributed by atoms with Crippen molar-refractivity contribution in [3.05, 3.63) is 59.4 Å². The van der Waals surface area contributed by atoms with Crippen molar-refractivity contribution < 1.29 is 27.1 Å². The van der Waals surface area contributed by atoms with Crippen LogP contribution in [0.4, 0.5) is 4.39 Å². The molecular weight excluding hydrogens is 423 g/mol. The van der Waals surface area contributed by atoms with Gasteiger partial charge in [-0.05, 0) is 44.2 Å². The van der Waals surface area contributed by atoms with Gasteiger partial charge in [0.25, 0.3) is 5.91 Å². The predicted octanol–water partition coefficient (Wildman–Crippen LogP) is 2.88. The van der Waals surface area contributed by atoms with E-state index in [1.54, 1.807) is 6.07 Å². The molecule has 1 fully saturated rings. The standard InChI is InChI=1S/C22H25FN2O5S/c1-22(2)14-19(18-8-5-16(23)13-20(18)30-22)24-21(26)15-3-6-17(7-4-15)31(27,28)25-9-11-29-12-10-25/h3-8,13,19H,9-12,14H2,1-2H3,(H,24,26). The molecule has 31 heavy (non-hydrogen) atoms. The van der Waals surface area contributed by atoms with Crippen LogP contribution in [-0.4, -0.2) is 50.5 Å². The van der Waals surface area contributed by atoms with Crippen molar-refractivity contribution in [3.8, 4) is 5.75 Å². The Bertz CT molecular complexity index is 1080. The third kappa shape index (κ3) is 4.58. The molecule has 1 atom stereocenters. The minimum absolute atomic E-state index is 0.138. The molecule has 0 saturated carbocycles. The largest absolute Gasteiger partial charge is 0.487 e. The third-order valence-corrected chi connectivity index (χ3v) is 7.38. The number of rotatable bonds is 4. The van der Waals surface area contributed by atoms with Crippen molar-refractivity contribution in [1.29, 1.82) is 0 Å². The van der Waals surface area contributed by atoms with E-state index in [4.69, 9.17) is 9.47 Å². The highest BCUT2D eigenvalue weighted by atomic mass is 32.2. The topological polar surface area (TPSA) is 84.9 Å². The molecule has 2 aliphatic heterocycles. The number of carbonyl (C=O) groups excluding carboxylic acids is 1. The molecule has 7 nitrogen and oxygen atoms in total. The molecule has 0 bridgehead atoms. The van der Waals surface area contributed by atoms with Crippen molar-refractivity contribution in [1.82, 2.24) is 9.62 Å². The van der Waals surface area contributed by atoms with Gasteiger partial charge in [0, 0.05) is 36.7 Å². The van der Waals surface area contributed by atoms with Crippen molar-refractivity contribution in [2.75, 3.05) is 26.3 Å². The number of sulfonamides is 1. The van der Waals surface area contributed by atoms with Crippen LogP contribution in [0, 0.1) is 5.82 Å². The smallest absolute Gasteiger partial charge is 0.251 e. The molecule has 1 saturated heterocycles. The van der Waals surface area contributed by atoms with Gasteiger partial charge in [0.15, 0.2) is 0 Å². The van der Waals surface area contributed by atoms with E-state index in [0.29, 0.717) is 49.6 Å². The van der Waals surface area contributed by atoms with E-state index in [2.05, 4.69) is 5.32 Å². The Kier molecular flexibility index (Phi) is 5.76. The lowest BCUT2D eigenvalue weighted by molar-refractivity contribution is 0.0616. The van der Waals surface area contributed by atoms with Gasteiger partial charge in [0.1, 0.15) is 17.2 Å². The fourth-order valence-corrected chi connectivity index (χ4v) is 5.32. The molecule has 2 heterocycles. The van der Waals surface area contributed by atoms with Crippen molar-refractivity contribution >= 4 is 15.9 Å². The zero-order chi connectivity index (χ0) is 22.2. The third-order valence-electron chi connectivity index (χ3n) is 5.46. The number of nitrogens with zero attached hydrogens (tertiary/aromatic N) is 1. The second-order valence-corrected chi connectivity index (χ2v) is 10.3. The van der Waals surface area contributed by atoms with E-state index < -0.39 is 21.4 Å². The minimum atomic E-state index is -3.62. The van der Waals surface area contributed by atoms with Crippen LogP contribution in [0.3, 0.4) is 0 Å². The first kappa shape index (κ1) is 21.7. The second-order valence-electron chi connectivity index (χ2n) is 8.31. The van der Waals surface area contributed by atoms with Gasteiger partial charge in [-0.25, -0.2) is 12.8 Å². The van der Waals surface area contributed by atoms with Crippen LogP contribution in [-0.2, 0) is 14.8 Å². The van der Waals surface area contributed by atoms with E-state index in [1.807, 2.05) is 13.8 Å². The SMILES string of the molecule is CC1(C)CC(NC(=O)c2ccc(S(=O)(=O)N3CCOCC3)cc2)c2ccc(F)cc2O1. The molecule has 0 aliphatic carbocycles. The molecule has 2 aromatic rings. The summed E-state index contributed by atoms with van der Waals surface area (Å²) in [6, 6.07) is 9.79. The summed E-state index contributed by atoms with van der Waals surface area (Å²) in [5.41, 5.74) is 0.476. The average Bonchev–Trinajstić information content (AvgIpc) is 2.73. The highest BCUT2D eigenvalue weighted by molar-refractivity contribution is 7.89. The number of halogens is 1. The van der Waals surface area contributed by atoms with Crippen LogP contribution in [0.25, 0.3) is 0 Å². The summed E-state index contributed by atoms with van der Waals surface area (Å²) < 4.78 is 51.6. The number of fused-ring (bicyclic) bond motifs is 1. The van der Waals surface area contributed by atoms with Gasteiger partial charge < -0.3 is 14.8 Å². The first-order chi connectivity index (χ1) is 14.7. The fourth-order valence-electron chi connectivity index (χ4n) is 3.91. The summed E-state index contributed by atoms with van der Waals surface area (Å²) in [4.78, 5) is 13.0. The summed E-state index contributed by atoms with van der Waals surface area (Å²) in [5, 5.41) is 2.97. The summed E-state index contributed by atoms with van der Waals surface area (Å²) in [6.07, 6.45) is 0.515. The molecule has 0 radical (unpaired) electrons. The van der Waals surface area contributed by atoms with Crippen LogP contribution < -0.4 is 10.1 Å². The Morgan fingerprint density at radius 1 is 1.13 bits per heavy atom. The Morgan fingerprint density at radius 2 is 1.81 bits per heavy atom. The Balaban J connectivity index is 1.52. The maximum Gasteiger partial charge on any atom is 0.251 e. The van der Waals surface area contributed by atoms with Gasteiger partial charge in [-0.15, -0.1) is 0 Å². The number of ether oxygens (including phenoxy) is 2. The monoisotopic (exact) mass is 448 g/mol. The number of hydrogen-bond donors (Lipinski definition) is 1. The second kappa shape index (κ2) is 8.22. The van der Waals surface area contributed by atoms with Gasteiger partial charge in [0.2, 0.25) is 10.0 Å². The van der Waals surface area contributed by atoms with Crippen molar-refractivity contribution in [3.63, 3.8) is 0 Å². The molecule has 0 aromatic heterocycles. The van der Waals surface area contributed by atoms with E-state index >= 15 is 0 Å². The van der Waals surface area contributed by atoms with Crippen molar-refractivity contribution in [2.45, 2.75) is 36.8 Å². The number of amides is 1. The summed E-state index contributed by atoms with van der Waals surface area (Å²) in [6.45, 7) is 5.11. The molecule has 1 unspecified atom stereocenters. The molecule has 1 amide bonds. The molecule has 2 aromatic carbocycles. The summed E-state index contributed by atoms with van der Waals surface area (Å²) in [7, 11) is -3.62. The molecule has 1 N–H and O–H groups in total. The first-order valence-corrected chi connectivity index (χ1v) is 11.6. The van der Waals surface area contributed by atoms with Crippen LogP contribution in [0.5, 0.6) is 5.75 Å². The fraction of sp³-hybridized carbons (Fsp3) is 0.409. The zero-order valence-electron chi connectivity index (χ0n) is 17.4. The molecular formula is C22H25FN2O5S. The lowest BCUT2D eigenvalue weighted by Crippen LogP contribution is -2.41. The van der Waals surface area contributed by atoms with Crippen LogP contribution in [0.2, 0.25) is 0 Å². The zero-order valence-corrected chi connectivity index (χ0v) is 18.2. The Labute approximate surface area is 181 Å². The van der Waals surface area contributed by atoms with Crippen molar-refractivity contribution in [2.24, 2.45) is 0 Å². The highest BCUT2D eigenvalue weighted by Gasteiger charge is 2.35. The van der Waals surface area contributed by atoms with E-state index in [-0.39, 0.29) is 16.8 Å².